The molecule has 0 fully saturated rings. The van der Waals surface area contributed by atoms with E-state index < -0.39 is 12.5 Å². The van der Waals surface area contributed by atoms with Gasteiger partial charge in [0.15, 0.2) is 0 Å². The Bertz CT molecular complexity index is 848. The summed E-state index contributed by atoms with van der Waals surface area (Å²) in [4.78, 5) is 18.3. The molecule has 0 bridgehead atoms. The topological polar surface area (TPSA) is 51.2 Å². The first-order chi connectivity index (χ1) is 11.5. The number of aryl methyl sites for hydroxylation is 1. The van der Waals surface area contributed by atoms with Gasteiger partial charge in [0.25, 0.3) is 5.91 Å². The van der Waals surface area contributed by atoms with Crippen LogP contribution in [0, 0.1) is 6.92 Å². The highest BCUT2D eigenvalue weighted by Crippen LogP contribution is 2.32. The molecule has 0 aliphatic heterocycles. The van der Waals surface area contributed by atoms with Gasteiger partial charge in [-0.25, -0.2) is 4.98 Å². The first-order valence-electron chi connectivity index (χ1n) is 6.91. The van der Waals surface area contributed by atoms with Crippen LogP contribution >= 0.6 is 22.7 Å². The Morgan fingerprint density at radius 2 is 2.04 bits per heavy atom. The summed E-state index contributed by atoms with van der Waals surface area (Å²) in [5.41, 5.74) is 0.779. The van der Waals surface area contributed by atoms with Gasteiger partial charge in [-0.15, -0.1) is 22.7 Å². The zero-order chi connectivity index (χ0) is 17.1. The molecule has 0 radical (unpaired) electrons. The number of halogens is 2. The molecule has 3 aromatic rings. The van der Waals surface area contributed by atoms with E-state index in [4.69, 9.17) is 0 Å². The van der Waals surface area contributed by atoms with Crippen LogP contribution in [0.5, 0.6) is 5.75 Å². The Morgan fingerprint density at radius 1 is 1.25 bits per heavy atom. The van der Waals surface area contributed by atoms with Crippen molar-refractivity contribution in [2.24, 2.45) is 0 Å². The standard InChI is InChI=1S/C16H12F2N2O2S2/c1-9-13(24-15(19-9)12-7-4-8-23-12)14(21)20-10-5-2-3-6-11(10)22-16(17)18/h2-8,16H,1H3,(H,20,21). The van der Waals surface area contributed by atoms with Crippen LogP contribution in [0.15, 0.2) is 41.8 Å². The molecule has 0 aliphatic rings. The fourth-order valence-electron chi connectivity index (χ4n) is 2.06. The van der Waals surface area contributed by atoms with Gasteiger partial charge in [0.2, 0.25) is 0 Å². The number of thiazole rings is 1. The van der Waals surface area contributed by atoms with Crippen LogP contribution in [0.25, 0.3) is 9.88 Å². The van der Waals surface area contributed by atoms with Crippen molar-refractivity contribution in [1.29, 1.82) is 0 Å². The maximum Gasteiger partial charge on any atom is 0.387 e. The molecule has 0 atom stereocenters. The third-order valence-electron chi connectivity index (χ3n) is 3.09. The molecule has 3 rings (SSSR count). The summed E-state index contributed by atoms with van der Waals surface area (Å²) in [6.07, 6.45) is 0. The average Bonchev–Trinajstić information content (AvgIpc) is 3.18. The van der Waals surface area contributed by atoms with E-state index >= 15 is 0 Å². The maximum atomic E-state index is 12.5. The van der Waals surface area contributed by atoms with Gasteiger partial charge in [0.1, 0.15) is 15.6 Å². The van der Waals surface area contributed by atoms with Crippen molar-refractivity contribution >= 4 is 34.3 Å². The van der Waals surface area contributed by atoms with Crippen LogP contribution in [0.2, 0.25) is 0 Å². The van der Waals surface area contributed by atoms with E-state index in [1.165, 1.54) is 34.8 Å². The first kappa shape index (κ1) is 16.5. The number of nitrogens with zero attached hydrogens (tertiary/aromatic N) is 1. The summed E-state index contributed by atoms with van der Waals surface area (Å²) < 4.78 is 29.3. The molecule has 124 valence electrons. The van der Waals surface area contributed by atoms with Gasteiger partial charge in [-0.1, -0.05) is 18.2 Å². The number of hydrogen-bond acceptors (Lipinski definition) is 5. The minimum atomic E-state index is -2.96. The number of carbonyl (C=O) groups excluding carboxylic acids is 1. The molecule has 1 amide bonds. The molecule has 1 N–H and O–H groups in total. The van der Waals surface area contributed by atoms with Crippen molar-refractivity contribution in [3.05, 3.63) is 52.3 Å². The predicted molar refractivity (Wildman–Crippen MR) is 91.2 cm³/mol. The highest BCUT2D eigenvalue weighted by atomic mass is 32.1. The van der Waals surface area contributed by atoms with E-state index in [9.17, 15) is 13.6 Å². The number of benzene rings is 1. The minimum absolute atomic E-state index is 0.0819. The lowest BCUT2D eigenvalue weighted by atomic mass is 10.3. The fourth-order valence-corrected chi connectivity index (χ4v) is 3.82. The number of aromatic nitrogens is 1. The van der Waals surface area contributed by atoms with Crippen molar-refractivity contribution in [1.82, 2.24) is 4.98 Å². The van der Waals surface area contributed by atoms with Crippen molar-refractivity contribution in [3.8, 4) is 15.6 Å². The molecule has 2 aromatic heterocycles. The molecule has 1 aromatic carbocycles. The highest BCUT2D eigenvalue weighted by molar-refractivity contribution is 7.22. The Balaban J connectivity index is 1.84. The van der Waals surface area contributed by atoms with Crippen LogP contribution in [0.4, 0.5) is 14.5 Å². The molecule has 0 saturated carbocycles. The van der Waals surface area contributed by atoms with Crippen molar-refractivity contribution in [2.45, 2.75) is 13.5 Å². The molecule has 24 heavy (non-hydrogen) atoms. The van der Waals surface area contributed by atoms with Gasteiger partial charge in [-0.2, -0.15) is 8.78 Å². The number of para-hydroxylation sites is 2. The van der Waals surface area contributed by atoms with Gasteiger partial charge >= 0.3 is 6.61 Å². The summed E-state index contributed by atoms with van der Waals surface area (Å²) in [6, 6.07) is 9.90. The van der Waals surface area contributed by atoms with Crippen molar-refractivity contribution < 1.29 is 18.3 Å². The molecular weight excluding hydrogens is 354 g/mol. The summed E-state index contributed by atoms with van der Waals surface area (Å²) in [5.74, 6) is -0.486. The summed E-state index contributed by atoms with van der Waals surface area (Å²) in [5, 5.41) is 5.30. The molecule has 0 spiro atoms. The van der Waals surface area contributed by atoms with E-state index in [1.54, 1.807) is 19.1 Å². The van der Waals surface area contributed by atoms with E-state index in [-0.39, 0.29) is 11.4 Å². The van der Waals surface area contributed by atoms with Crippen LogP contribution < -0.4 is 10.1 Å². The number of nitrogens with one attached hydrogen (secondary N) is 1. The summed E-state index contributed by atoms with van der Waals surface area (Å²) in [6.45, 7) is -1.22. The number of ether oxygens (including phenoxy) is 1. The number of anilines is 1. The molecule has 0 unspecified atom stereocenters. The lowest BCUT2D eigenvalue weighted by Gasteiger charge is -2.11. The van der Waals surface area contributed by atoms with Crippen LogP contribution in [0.3, 0.4) is 0 Å². The molecule has 0 aliphatic carbocycles. The third kappa shape index (κ3) is 3.60. The van der Waals surface area contributed by atoms with E-state index in [0.717, 1.165) is 9.88 Å². The number of carbonyl (C=O) groups is 1. The van der Waals surface area contributed by atoms with Gasteiger partial charge < -0.3 is 10.1 Å². The summed E-state index contributed by atoms with van der Waals surface area (Å²) in [7, 11) is 0. The third-order valence-corrected chi connectivity index (χ3v) is 5.28. The van der Waals surface area contributed by atoms with Crippen LogP contribution in [0.1, 0.15) is 15.4 Å². The Morgan fingerprint density at radius 3 is 2.75 bits per heavy atom. The SMILES string of the molecule is Cc1nc(-c2cccs2)sc1C(=O)Nc1ccccc1OC(F)F. The van der Waals surface area contributed by atoms with E-state index in [0.29, 0.717) is 10.6 Å². The fraction of sp³-hybridized carbons (Fsp3) is 0.125. The van der Waals surface area contributed by atoms with Gasteiger partial charge in [-0.3, -0.25) is 4.79 Å². The number of thiophene rings is 1. The van der Waals surface area contributed by atoms with E-state index in [2.05, 4.69) is 15.0 Å². The quantitative estimate of drug-likeness (QED) is 0.689. The number of alkyl halides is 2. The van der Waals surface area contributed by atoms with Gasteiger partial charge in [0.05, 0.1) is 16.3 Å². The first-order valence-corrected chi connectivity index (χ1v) is 8.60. The van der Waals surface area contributed by atoms with Crippen molar-refractivity contribution in [2.75, 3.05) is 5.32 Å². The molecular formula is C16H12F2N2O2S2. The Labute approximate surface area is 144 Å². The predicted octanol–water partition coefficient (Wildman–Crippen LogP) is 5.03. The smallest absolute Gasteiger partial charge is 0.387 e. The van der Waals surface area contributed by atoms with E-state index in [1.807, 2.05) is 17.5 Å². The number of hydrogen-bond donors (Lipinski definition) is 1. The maximum absolute atomic E-state index is 12.5. The second-order valence-corrected chi connectivity index (χ2v) is 6.69. The zero-order valence-electron chi connectivity index (χ0n) is 12.5. The van der Waals surface area contributed by atoms with Crippen molar-refractivity contribution in [3.63, 3.8) is 0 Å². The average molecular weight is 366 g/mol. The van der Waals surface area contributed by atoms with Gasteiger partial charge in [0, 0.05) is 0 Å². The van der Waals surface area contributed by atoms with Crippen LogP contribution in [-0.4, -0.2) is 17.5 Å². The molecule has 2 heterocycles. The normalized spacial score (nSPS) is 10.8. The monoisotopic (exact) mass is 366 g/mol. The Kier molecular flexibility index (Phi) is 4.86. The molecule has 8 heteroatoms. The number of rotatable bonds is 5. The lowest BCUT2D eigenvalue weighted by molar-refractivity contribution is -0.0493. The van der Waals surface area contributed by atoms with Crippen LogP contribution in [-0.2, 0) is 0 Å². The second kappa shape index (κ2) is 7.06. The molecule has 0 saturated heterocycles. The molecule has 4 nitrogen and oxygen atoms in total. The number of amides is 1. The zero-order valence-corrected chi connectivity index (χ0v) is 14.1. The minimum Gasteiger partial charge on any atom is -0.433 e. The largest absolute Gasteiger partial charge is 0.433 e. The highest BCUT2D eigenvalue weighted by Gasteiger charge is 2.18. The van der Waals surface area contributed by atoms with Gasteiger partial charge in [-0.05, 0) is 30.5 Å². The Hall–Kier alpha value is -2.32. The second-order valence-electron chi connectivity index (χ2n) is 4.74. The lowest BCUT2D eigenvalue weighted by Crippen LogP contribution is -2.13. The summed E-state index contributed by atoms with van der Waals surface area (Å²) >= 11 is 2.80.